The van der Waals surface area contributed by atoms with Gasteiger partial charge in [0.25, 0.3) is 0 Å². The maximum atomic E-state index is 7.56. The van der Waals surface area contributed by atoms with E-state index in [-0.39, 0.29) is 23.8 Å². The highest BCUT2D eigenvalue weighted by atomic mass is 35.5. The molecule has 0 bridgehead atoms. The van der Waals surface area contributed by atoms with Gasteiger partial charge in [-0.2, -0.15) is 0 Å². The molecule has 0 aliphatic rings. The fourth-order valence-corrected chi connectivity index (χ4v) is 3.60. The molecule has 38 heavy (non-hydrogen) atoms. The van der Waals surface area contributed by atoms with Crippen LogP contribution in [0.15, 0.2) is 52.7 Å². The summed E-state index contributed by atoms with van der Waals surface area (Å²) in [5.41, 5.74) is 35.1. The van der Waals surface area contributed by atoms with E-state index < -0.39 is 0 Å². The van der Waals surface area contributed by atoms with Crippen molar-refractivity contribution in [2.75, 3.05) is 0 Å². The van der Waals surface area contributed by atoms with Gasteiger partial charge in [-0.1, -0.05) is 67.6 Å². The van der Waals surface area contributed by atoms with Crippen molar-refractivity contribution in [3.8, 4) is 0 Å². The first-order valence-corrected chi connectivity index (χ1v) is 12.6. The molecule has 0 spiro atoms. The number of halogens is 2. The molecule has 0 radical (unpaired) electrons. The van der Waals surface area contributed by atoms with Gasteiger partial charge in [-0.25, -0.2) is 10.0 Å². The molecule has 0 aromatic heterocycles. The number of hydrogen-bond acceptors (Lipinski definition) is 4. The van der Waals surface area contributed by atoms with E-state index in [1.165, 1.54) is 29.3 Å². The minimum absolute atomic E-state index is 0.131. The molecule has 2 aromatic carbocycles. The summed E-state index contributed by atoms with van der Waals surface area (Å²) in [5.74, 6) is -0.721. The highest BCUT2D eigenvalue weighted by Crippen LogP contribution is 2.20. The minimum Gasteiger partial charge on any atom is -0.369 e. The number of unbranched alkanes of at least 4 members (excludes halogenated alkanes) is 3. The average molecular weight is 566 g/mol. The van der Waals surface area contributed by atoms with Crippen LogP contribution in [0.2, 0.25) is 10.0 Å². The number of nitrogens with two attached hydrogens (primary N) is 6. The van der Waals surface area contributed by atoms with E-state index in [1.54, 1.807) is 24.3 Å². The van der Waals surface area contributed by atoms with E-state index in [2.05, 4.69) is 17.1 Å². The molecule has 0 heterocycles. The second-order valence-electron chi connectivity index (χ2n) is 8.29. The number of hydrazone groups is 2. The largest absolute Gasteiger partial charge is 0.369 e. The van der Waals surface area contributed by atoms with Crippen molar-refractivity contribution in [2.24, 2.45) is 44.6 Å². The van der Waals surface area contributed by atoms with Crippen LogP contribution < -0.4 is 34.4 Å². The van der Waals surface area contributed by atoms with Gasteiger partial charge in [0, 0.05) is 10.0 Å². The van der Waals surface area contributed by atoms with Crippen molar-refractivity contribution < 1.29 is 0 Å². The van der Waals surface area contributed by atoms with E-state index in [4.69, 9.17) is 68.4 Å². The molecule has 0 atom stereocenters. The van der Waals surface area contributed by atoms with Crippen LogP contribution >= 0.6 is 23.2 Å². The van der Waals surface area contributed by atoms with Crippen LogP contribution in [-0.4, -0.2) is 33.9 Å². The van der Waals surface area contributed by atoms with E-state index in [1.807, 2.05) is 18.2 Å². The topological polar surface area (TPSA) is 235 Å². The van der Waals surface area contributed by atoms with Crippen molar-refractivity contribution in [2.45, 2.75) is 52.1 Å². The maximum Gasteiger partial charge on any atom is 0.209 e. The Bertz CT molecular complexity index is 1090. The Balaban J connectivity index is 0.000000399. The Morgan fingerprint density at radius 1 is 0.711 bits per heavy atom. The number of nitrogens with one attached hydrogen (secondary N) is 2. The molecular formula is C24H38Cl2N12. The molecule has 208 valence electrons. The van der Waals surface area contributed by atoms with Crippen LogP contribution in [-0.2, 0) is 19.5 Å². The third kappa shape index (κ3) is 12.9. The van der Waals surface area contributed by atoms with Gasteiger partial charge >= 0.3 is 0 Å². The highest BCUT2D eigenvalue weighted by molar-refractivity contribution is 6.30. The lowest BCUT2D eigenvalue weighted by molar-refractivity contribution is 0.427. The lowest BCUT2D eigenvalue weighted by Gasteiger charge is -2.19. The number of benzene rings is 2. The van der Waals surface area contributed by atoms with Crippen molar-refractivity contribution in [1.82, 2.24) is 10.0 Å². The first kappa shape index (κ1) is 32.1. The third-order valence-corrected chi connectivity index (χ3v) is 5.55. The van der Waals surface area contributed by atoms with Crippen LogP contribution in [0.1, 0.15) is 49.3 Å². The Kier molecular flexibility index (Phi) is 14.2. The zero-order chi connectivity index (χ0) is 28.7. The second-order valence-corrected chi connectivity index (χ2v) is 9.16. The number of nitrogens with zero attached hydrogens (tertiary/aromatic N) is 4. The summed E-state index contributed by atoms with van der Waals surface area (Å²) in [6.07, 6.45) is 5.65. The average Bonchev–Trinajstić information content (AvgIpc) is 2.83. The van der Waals surface area contributed by atoms with Crippen molar-refractivity contribution in [3.05, 3.63) is 69.2 Å². The Hall–Kier alpha value is -3.90. The quantitative estimate of drug-likeness (QED) is 0.0870. The van der Waals surface area contributed by atoms with E-state index in [0.717, 1.165) is 29.5 Å². The van der Waals surface area contributed by atoms with Crippen molar-refractivity contribution in [1.29, 1.82) is 10.8 Å². The normalized spacial score (nSPS) is 9.97. The molecule has 0 saturated carbocycles. The molecule has 0 amide bonds. The summed E-state index contributed by atoms with van der Waals surface area (Å²) >= 11 is 11.8. The zero-order valence-electron chi connectivity index (χ0n) is 21.5. The number of guanidine groups is 4. The summed E-state index contributed by atoms with van der Waals surface area (Å²) in [4.78, 5) is 0. The van der Waals surface area contributed by atoms with Crippen molar-refractivity contribution in [3.63, 3.8) is 0 Å². The zero-order valence-corrected chi connectivity index (χ0v) is 23.0. The molecule has 0 unspecified atom stereocenters. The number of hydrogen-bond donors (Lipinski definition) is 8. The molecule has 0 aliphatic carbocycles. The minimum atomic E-state index is -0.233. The van der Waals surface area contributed by atoms with E-state index in [0.29, 0.717) is 23.1 Å². The van der Waals surface area contributed by atoms with Gasteiger partial charge in [0.15, 0.2) is 0 Å². The lowest BCUT2D eigenvalue weighted by atomic mass is 10.0. The summed E-state index contributed by atoms with van der Waals surface area (Å²) < 4.78 is 0. The van der Waals surface area contributed by atoms with Gasteiger partial charge in [-0.3, -0.25) is 10.8 Å². The predicted octanol–water partition coefficient (Wildman–Crippen LogP) is 2.57. The molecular weight excluding hydrogens is 527 g/mol. The second kappa shape index (κ2) is 16.8. The SMILES string of the molecule is CCCCCCc1cc(Cl)ccc1CN(N=C(N)N)C(=N)N.N=C(N)N(Cc1ccc(Cl)cc1)N=C(N)N. The van der Waals surface area contributed by atoms with Crippen molar-refractivity contribution >= 4 is 47.0 Å². The lowest BCUT2D eigenvalue weighted by Crippen LogP contribution is -2.36. The van der Waals surface area contributed by atoms with Crippen LogP contribution in [0.4, 0.5) is 0 Å². The van der Waals surface area contributed by atoms with E-state index >= 15 is 0 Å². The first-order valence-electron chi connectivity index (χ1n) is 11.9. The predicted molar refractivity (Wildman–Crippen MR) is 157 cm³/mol. The molecule has 14 heteroatoms. The summed E-state index contributed by atoms with van der Waals surface area (Å²) in [6, 6.07) is 12.8. The number of aryl methyl sites for hydroxylation is 1. The molecule has 0 saturated heterocycles. The first-order chi connectivity index (χ1) is 17.9. The Morgan fingerprint density at radius 3 is 1.74 bits per heavy atom. The molecule has 2 rings (SSSR count). The summed E-state index contributed by atoms with van der Waals surface area (Å²) in [6.45, 7) is 2.84. The molecule has 0 aliphatic heterocycles. The Morgan fingerprint density at radius 2 is 1.24 bits per heavy atom. The molecule has 12 nitrogen and oxygen atoms in total. The van der Waals surface area contributed by atoms with Gasteiger partial charge in [0.05, 0.1) is 13.1 Å². The van der Waals surface area contributed by atoms with Crippen LogP contribution in [0, 0.1) is 10.8 Å². The van der Waals surface area contributed by atoms with Crippen LogP contribution in [0.5, 0.6) is 0 Å². The monoisotopic (exact) mass is 564 g/mol. The van der Waals surface area contributed by atoms with Gasteiger partial charge in [0.1, 0.15) is 0 Å². The summed E-state index contributed by atoms with van der Waals surface area (Å²) in [5, 5.41) is 26.2. The van der Waals surface area contributed by atoms with Gasteiger partial charge < -0.3 is 34.4 Å². The van der Waals surface area contributed by atoms with Gasteiger partial charge in [-0.05, 0) is 53.8 Å². The fourth-order valence-electron chi connectivity index (χ4n) is 3.28. The van der Waals surface area contributed by atoms with Gasteiger partial charge in [-0.15, -0.1) is 10.2 Å². The fraction of sp³-hybridized carbons (Fsp3) is 0.333. The van der Waals surface area contributed by atoms with Crippen LogP contribution in [0.25, 0.3) is 0 Å². The smallest absolute Gasteiger partial charge is 0.209 e. The molecule has 14 N–H and O–H groups in total. The standard InChI is InChI=1S/C15H25ClN6.C9H13ClN6/c1-2-3-4-5-6-11-9-13(16)8-7-12(11)10-22(15(19)20)21-14(17)18;10-7-3-1-6(2-4-7)5-16(9(13)14)15-8(11)12/h7-9H,2-6,10H2,1H3,(H3,19,20)(H4,17,18,21);1-4H,5H2,(H3,13,14)(H4,11,12,15). The highest BCUT2D eigenvalue weighted by Gasteiger charge is 2.11. The van der Waals surface area contributed by atoms with Crippen LogP contribution in [0.3, 0.4) is 0 Å². The molecule has 0 fully saturated rings. The third-order valence-electron chi connectivity index (χ3n) is 5.06. The van der Waals surface area contributed by atoms with Gasteiger partial charge in [0.2, 0.25) is 23.8 Å². The molecule has 2 aromatic rings. The maximum absolute atomic E-state index is 7.56. The Labute approximate surface area is 233 Å². The number of rotatable bonds is 11. The van der Waals surface area contributed by atoms with E-state index in [9.17, 15) is 0 Å². The summed E-state index contributed by atoms with van der Waals surface area (Å²) in [7, 11) is 0.